The monoisotopic (exact) mass is 187 g/mol. The molecule has 0 aromatic rings. The molecule has 2 aliphatic heterocycles. The van der Waals surface area contributed by atoms with Crippen LogP contribution in [0.2, 0.25) is 0 Å². The van der Waals surface area contributed by atoms with E-state index < -0.39 is 0 Å². The van der Waals surface area contributed by atoms with Crippen LogP contribution in [0.5, 0.6) is 0 Å². The minimum absolute atomic E-state index is 0.300. The maximum absolute atomic E-state index is 6.21. The second-order valence-corrected chi connectivity index (χ2v) is 4.02. The maximum atomic E-state index is 6.21. The van der Waals surface area contributed by atoms with E-state index in [2.05, 4.69) is 11.0 Å². The van der Waals surface area contributed by atoms with Crippen molar-refractivity contribution >= 4 is 11.6 Å². The van der Waals surface area contributed by atoms with E-state index in [1.54, 1.807) is 7.11 Å². The molecule has 0 bridgehead atoms. The molecule has 0 saturated carbocycles. The zero-order chi connectivity index (χ0) is 8.55. The molecule has 1 fully saturated rings. The van der Waals surface area contributed by atoms with Crippen molar-refractivity contribution in [3.8, 4) is 0 Å². The number of nitrogens with zero attached hydrogens (tertiary/aromatic N) is 1. The fourth-order valence-corrected chi connectivity index (χ4v) is 2.57. The predicted octanol–water partition coefficient (Wildman–Crippen LogP) is 1.25. The molecule has 0 aromatic carbocycles. The molecule has 2 atom stereocenters. The summed E-state index contributed by atoms with van der Waals surface area (Å²) in [6, 6.07) is 0.464. The third kappa shape index (κ3) is 1.28. The molecule has 2 nitrogen and oxygen atoms in total. The lowest BCUT2D eigenvalue weighted by Gasteiger charge is -2.19. The molecule has 0 amide bonds. The average Bonchev–Trinajstić information content (AvgIpc) is 2.58. The van der Waals surface area contributed by atoms with Crippen LogP contribution in [0.1, 0.15) is 6.42 Å². The highest BCUT2D eigenvalue weighted by Gasteiger charge is 2.37. The van der Waals surface area contributed by atoms with Gasteiger partial charge in [-0.05, 0) is 12.0 Å². The molecule has 1 saturated heterocycles. The first-order valence-corrected chi connectivity index (χ1v) is 4.82. The van der Waals surface area contributed by atoms with Crippen LogP contribution in [0.25, 0.3) is 0 Å². The Kier molecular flexibility index (Phi) is 2.40. The number of hydrogen-bond donors (Lipinski definition) is 0. The van der Waals surface area contributed by atoms with Crippen molar-refractivity contribution in [3.63, 3.8) is 0 Å². The first kappa shape index (κ1) is 8.54. The molecule has 0 aromatic heterocycles. The van der Waals surface area contributed by atoms with Crippen LogP contribution in [0.4, 0.5) is 0 Å². The highest BCUT2D eigenvalue weighted by atomic mass is 35.5. The van der Waals surface area contributed by atoms with Gasteiger partial charge in [0, 0.05) is 26.2 Å². The number of rotatable bonds is 2. The Morgan fingerprint density at radius 1 is 1.75 bits per heavy atom. The van der Waals surface area contributed by atoms with Crippen LogP contribution in [0, 0.1) is 0 Å². The zero-order valence-electron chi connectivity index (χ0n) is 7.29. The SMILES string of the molecule is COCC1=CCN2CCC(Cl)[C@@H]12. The molecule has 2 rings (SSSR count). The summed E-state index contributed by atoms with van der Waals surface area (Å²) < 4.78 is 5.13. The van der Waals surface area contributed by atoms with Gasteiger partial charge < -0.3 is 4.74 Å². The van der Waals surface area contributed by atoms with Gasteiger partial charge >= 0.3 is 0 Å². The molecule has 68 valence electrons. The summed E-state index contributed by atoms with van der Waals surface area (Å²) in [6.45, 7) is 2.94. The minimum atomic E-state index is 0.300. The lowest BCUT2D eigenvalue weighted by Crippen LogP contribution is -2.30. The molecule has 0 aliphatic carbocycles. The van der Waals surface area contributed by atoms with Gasteiger partial charge in [0.05, 0.1) is 12.0 Å². The van der Waals surface area contributed by atoms with Crippen LogP contribution in [-0.4, -0.2) is 43.1 Å². The van der Waals surface area contributed by atoms with E-state index in [0.29, 0.717) is 11.4 Å². The molecule has 1 unspecified atom stereocenters. The smallest absolute Gasteiger partial charge is 0.0689 e. The van der Waals surface area contributed by atoms with Crippen molar-refractivity contribution in [2.45, 2.75) is 17.8 Å². The summed E-state index contributed by atoms with van der Waals surface area (Å²) >= 11 is 6.21. The second-order valence-electron chi connectivity index (χ2n) is 3.46. The molecule has 3 heteroatoms. The number of ether oxygens (including phenoxy) is 1. The van der Waals surface area contributed by atoms with Gasteiger partial charge in [0.15, 0.2) is 0 Å². The Morgan fingerprint density at radius 3 is 3.33 bits per heavy atom. The third-order valence-corrected chi connectivity index (χ3v) is 3.16. The molecular formula is C9H14ClNO. The van der Waals surface area contributed by atoms with Crippen molar-refractivity contribution in [2.75, 3.05) is 26.8 Å². The van der Waals surface area contributed by atoms with E-state index in [0.717, 1.165) is 26.1 Å². The predicted molar refractivity (Wildman–Crippen MR) is 49.6 cm³/mol. The summed E-state index contributed by atoms with van der Waals surface area (Å²) in [5.74, 6) is 0. The van der Waals surface area contributed by atoms with E-state index in [1.165, 1.54) is 5.57 Å². The number of fused-ring (bicyclic) bond motifs is 1. The Morgan fingerprint density at radius 2 is 2.58 bits per heavy atom. The highest BCUT2D eigenvalue weighted by Crippen LogP contribution is 2.32. The van der Waals surface area contributed by atoms with Crippen molar-refractivity contribution in [1.82, 2.24) is 4.90 Å². The summed E-state index contributed by atoms with van der Waals surface area (Å²) in [5.41, 5.74) is 1.37. The second kappa shape index (κ2) is 3.36. The topological polar surface area (TPSA) is 12.5 Å². The Balaban J connectivity index is 2.06. The number of halogens is 1. The lowest BCUT2D eigenvalue weighted by molar-refractivity contribution is 0.212. The van der Waals surface area contributed by atoms with E-state index in [4.69, 9.17) is 16.3 Å². The van der Waals surface area contributed by atoms with E-state index in [-0.39, 0.29) is 0 Å². The minimum Gasteiger partial charge on any atom is -0.380 e. The molecule has 2 heterocycles. The lowest BCUT2D eigenvalue weighted by atomic mass is 10.1. The van der Waals surface area contributed by atoms with Gasteiger partial charge in [0.1, 0.15) is 0 Å². The summed E-state index contributed by atoms with van der Waals surface area (Å²) in [7, 11) is 1.74. The summed E-state index contributed by atoms with van der Waals surface area (Å²) in [4.78, 5) is 2.42. The van der Waals surface area contributed by atoms with Gasteiger partial charge in [0.25, 0.3) is 0 Å². The molecule has 0 N–H and O–H groups in total. The van der Waals surface area contributed by atoms with E-state index in [1.807, 2.05) is 0 Å². The normalized spacial score (nSPS) is 35.3. The van der Waals surface area contributed by atoms with Crippen molar-refractivity contribution in [2.24, 2.45) is 0 Å². The van der Waals surface area contributed by atoms with Crippen LogP contribution in [0.3, 0.4) is 0 Å². The molecule has 0 spiro atoms. The van der Waals surface area contributed by atoms with Gasteiger partial charge in [-0.3, -0.25) is 4.90 Å². The number of alkyl halides is 1. The van der Waals surface area contributed by atoms with Crippen LogP contribution in [-0.2, 0) is 4.74 Å². The third-order valence-electron chi connectivity index (χ3n) is 2.71. The summed E-state index contributed by atoms with van der Waals surface area (Å²) in [5, 5.41) is 0.300. The van der Waals surface area contributed by atoms with Gasteiger partial charge in [-0.15, -0.1) is 11.6 Å². The largest absolute Gasteiger partial charge is 0.380 e. The van der Waals surface area contributed by atoms with Gasteiger partial charge in [-0.2, -0.15) is 0 Å². The Hall–Kier alpha value is -0.0500. The molecular weight excluding hydrogens is 174 g/mol. The van der Waals surface area contributed by atoms with E-state index >= 15 is 0 Å². The fraction of sp³-hybridized carbons (Fsp3) is 0.778. The Bertz CT molecular complexity index is 205. The standard InChI is InChI=1S/C9H14ClNO/c1-12-6-7-2-4-11-5-3-8(10)9(7)11/h2,8-9H,3-6H2,1H3/t8?,9-/m1/s1. The zero-order valence-corrected chi connectivity index (χ0v) is 8.05. The van der Waals surface area contributed by atoms with Crippen LogP contribution < -0.4 is 0 Å². The van der Waals surface area contributed by atoms with Gasteiger partial charge in [-0.25, -0.2) is 0 Å². The quantitative estimate of drug-likeness (QED) is 0.477. The molecule has 2 aliphatic rings. The molecule has 12 heavy (non-hydrogen) atoms. The van der Waals surface area contributed by atoms with Crippen LogP contribution >= 0.6 is 11.6 Å². The number of hydrogen-bond acceptors (Lipinski definition) is 2. The average molecular weight is 188 g/mol. The summed E-state index contributed by atoms with van der Waals surface area (Å²) in [6.07, 6.45) is 3.37. The first-order chi connectivity index (χ1) is 5.83. The Labute approximate surface area is 78.1 Å². The van der Waals surface area contributed by atoms with Crippen LogP contribution in [0.15, 0.2) is 11.6 Å². The van der Waals surface area contributed by atoms with Crippen molar-refractivity contribution in [1.29, 1.82) is 0 Å². The van der Waals surface area contributed by atoms with Crippen molar-refractivity contribution in [3.05, 3.63) is 11.6 Å². The first-order valence-electron chi connectivity index (χ1n) is 4.39. The van der Waals surface area contributed by atoms with E-state index in [9.17, 15) is 0 Å². The highest BCUT2D eigenvalue weighted by molar-refractivity contribution is 6.21. The number of methoxy groups -OCH3 is 1. The van der Waals surface area contributed by atoms with Gasteiger partial charge in [0.2, 0.25) is 0 Å². The van der Waals surface area contributed by atoms with Gasteiger partial charge in [-0.1, -0.05) is 6.08 Å². The van der Waals surface area contributed by atoms with Crippen molar-refractivity contribution < 1.29 is 4.74 Å². The maximum Gasteiger partial charge on any atom is 0.0689 e. The molecule has 0 radical (unpaired) electrons. The fourth-order valence-electron chi connectivity index (χ4n) is 2.15.